The summed E-state index contributed by atoms with van der Waals surface area (Å²) in [4.78, 5) is 2.50. The third-order valence-electron chi connectivity index (χ3n) is 14.4. The van der Waals surface area contributed by atoms with Crippen LogP contribution in [0.1, 0.15) is 45.9 Å². The standard InChI is InChI=1S/C63H43NO/c1-62(44-18-5-2-6-19-44)54-27-14-11-24-49(54)52-41-48(37-38-55(52)62)64(47-35-32-42(33-36-47)43-34-39-60-53(40-43)50-25-13-16-31-59(50)65-60)58-30-17-29-57-61(58)51-26-12-15-28-56(51)63(57,45-20-7-3-8-21-45)46-22-9-4-10-23-46/h2-41H,1H3. The zero-order valence-electron chi connectivity index (χ0n) is 35.9. The maximum Gasteiger partial charge on any atom is 0.135 e. The van der Waals surface area contributed by atoms with Crippen LogP contribution in [0.25, 0.3) is 55.3 Å². The Kier molecular flexibility index (Phi) is 8.29. The highest BCUT2D eigenvalue weighted by Gasteiger charge is 2.47. The Labute approximate surface area is 379 Å². The normalized spacial score (nSPS) is 15.3. The van der Waals surface area contributed by atoms with Crippen molar-refractivity contribution in [3.63, 3.8) is 0 Å². The van der Waals surface area contributed by atoms with Crippen molar-refractivity contribution >= 4 is 39.0 Å². The van der Waals surface area contributed by atoms with Gasteiger partial charge in [-0.15, -0.1) is 0 Å². The van der Waals surface area contributed by atoms with Crippen LogP contribution in [-0.4, -0.2) is 0 Å². The lowest BCUT2D eigenvalue weighted by atomic mass is 9.68. The van der Waals surface area contributed by atoms with Crippen molar-refractivity contribution in [1.29, 1.82) is 0 Å². The van der Waals surface area contributed by atoms with Gasteiger partial charge in [0.1, 0.15) is 11.2 Å². The number of hydrogen-bond donors (Lipinski definition) is 0. The summed E-state index contributed by atoms with van der Waals surface area (Å²) in [6, 6.07) is 89.3. The number of hydrogen-bond acceptors (Lipinski definition) is 2. The lowest BCUT2D eigenvalue weighted by Crippen LogP contribution is -2.28. The average molecular weight is 830 g/mol. The molecule has 65 heavy (non-hydrogen) atoms. The maximum atomic E-state index is 6.21. The summed E-state index contributed by atoms with van der Waals surface area (Å²) < 4.78 is 6.21. The van der Waals surface area contributed by atoms with E-state index < -0.39 is 5.41 Å². The minimum absolute atomic E-state index is 0.294. The molecule has 1 atom stereocenters. The molecule has 0 amide bonds. The Hall–Kier alpha value is -8.20. The Balaban J connectivity index is 1.05. The second-order valence-corrected chi connectivity index (χ2v) is 17.7. The van der Waals surface area contributed by atoms with E-state index in [9.17, 15) is 0 Å². The van der Waals surface area contributed by atoms with Crippen LogP contribution in [0.15, 0.2) is 247 Å². The Bertz CT molecular complexity index is 3570. The number of benzene rings is 10. The first-order chi connectivity index (χ1) is 32.1. The highest BCUT2D eigenvalue weighted by Crippen LogP contribution is 2.60. The average Bonchev–Trinajstić information content (AvgIpc) is 4.00. The Morgan fingerprint density at radius 3 is 1.65 bits per heavy atom. The first-order valence-corrected chi connectivity index (χ1v) is 22.6. The highest BCUT2D eigenvalue weighted by molar-refractivity contribution is 6.06. The van der Waals surface area contributed by atoms with Gasteiger partial charge in [0.15, 0.2) is 0 Å². The second-order valence-electron chi connectivity index (χ2n) is 17.7. The fourth-order valence-corrected chi connectivity index (χ4v) is 11.5. The van der Waals surface area contributed by atoms with Crippen LogP contribution in [0.4, 0.5) is 17.1 Å². The van der Waals surface area contributed by atoms with Gasteiger partial charge in [-0.25, -0.2) is 0 Å². The summed E-state index contributed by atoms with van der Waals surface area (Å²) in [6.45, 7) is 2.39. The summed E-state index contributed by atoms with van der Waals surface area (Å²) in [5.41, 5.74) is 20.7. The molecule has 2 heteroatoms. The van der Waals surface area contributed by atoms with Gasteiger partial charge in [-0.1, -0.05) is 194 Å². The maximum absolute atomic E-state index is 6.21. The van der Waals surface area contributed by atoms with E-state index in [1.165, 1.54) is 61.2 Å². The van der Waals surface area contributed by atoms with Crippen LogP contribution in [0, 0.1) is 0 Å². The molecule has 0 bridgehead atoms. The SMILES string of the molecule is CC1(c2ccccc2)c2ccccc2-c2cc(N(c3ccc(-c4ccc5oc6ccccc6c5c4)cc3)c3cccc4c3-c3ccccc3C4(c3ccccc3)c3ccccc3)ccc21. The molecule has 11 aromatic rings. The van der Waals surface area contributed by atoms with Crippen LogP contribution in [-0.2, 0) is 10.8 Å². The number of para-hydroxylation sites is 1. The molecule has 2 aliphatic carbocycles. The molecular formula is C63H43NO. The third-order valence-corrected chi connectivity index (χ3v) is 14.4. The van der Waals surface area contributed by atoms with Gasteiger partial charge in [-0.3, -0.25) is 0 Å². The molecule has 0 spiro atoms. The summed E-state index contributed by atoms with van der Waals surface area (Å²) in [6.07, 6.45) is 0. The van der Waals surface area contributed by atoms with Crippen LogP contribution < -0.4 is 4.90 Å². The van der Waals surface area contributed by atoms with Crippen LogP contribution in [0.3, 0.4) is 0 Å². The van der Waals surface area contributed by atoms with Gasteiger partial charge in [0.2, 0.25) is 0 Å². The van der Waals surface area contributed by atoms with E-state index in [2.05, 4.69) is 242 Å². The van der Waals surface area contributed by atoms with Gasteiger partial charge in [-0.2, -0.15) is 0 Å². The van der Waals surface area contributed by atoms with E-state index in [0.29, 0.717) is 0 Å². The molecule has 0 N–H and O–H groups in total. The van der Waals surface area contributed by atoms with Gasteiger partial charge in [0.25, 0.3) is 0 Å². The molecule has 13 rings (SSSR count). The monoisotopic (exact) mass is 829 g/mol. The molecule has 0 radical (unpaired) electrons. The molecule has 1 unspecified atom stereocenters. The number of nitrogens with zero attached hydrogens (tertiary/aromatic N) is 1. The molecule has 0 saturated heterocycles. The summed E-state index contributed by atoms with van der Waals surface area (Å²) in [5.74, 6) is 0. The van der Waals surface area contributed by atoms with Gasteiger partial charge in [0, 0.05) is 33.1 Å². The Morgan fingerprint density at radius 1 is 0.354 bits per heavy atom. The van der Waals surface area contributed by atoms with Gasteiger partial charge < -0.3 is 9.32 Å². The van der Waals surface area contributed by atoms with Crippen molar-refractivity contribution in [3.8, 4) is 33.4 Å². The van der Waals surface area contributed by atoms with Crippen LogP contribution in [0.5, 0.6) is 0 Å². The predicted octanol–water partition coefficient (Wildman–Crippen LogP) is 16.4. The molecular weight excluding hydrogens is 787 g/mol. The van der Waals surface area contributed by atoms with Crippen molar-refractivity contribution in [1.82, 2.24) is 0 Å². The zero-order valence-corrected chi connectivity index (χ0v) is 35.9. The van der Waals surface area contributed by atoms with E-state index in [1.54, 1.807) is 0 Å². The largest absolute Gasteiger partial charge is 0.456 e. The molecule has 0 fully saturated rings. The minimum Gasteiger partial charge on any atom is -0.456 e. The summed E-state index contributed by atoms with van der Waals surface area (Å²) in [5, 5.41) is 2.26. The van der Waals surface area contributed by atoms with Gasteiger partial charge in [-0.05, 0) is 122 Å². The quantitative estimate of drug-likeness (QED) is 0.159. The topological polar surface area (TPSA) is 16.4 Å². The number of fused-ring (bicyclic) bond motifs is 9. The van der Waals surface area contributed by atoms with Crippen molar-refractivity contribution in [3.05, 3.63) is 282 Å². The number of rotatable bonds is 7. The number of anilines is 3. The van der Waals surface area contributed by atoms with Gasteiger partial charge >= 0.3 is 0 Å². The molecule has 10 aromatic carbocycles. The van der Waals surface area contributed by atoms with E-state index in [4.69, 9.17) is 4.42 Å². The Morgan fingerprint density at radius 2 is 0.908 bits per heavy atom. The highest BCUT2D eigenvalue weighted by atomic mass is 16.3. The fraction of sp³-hybridized carbons (Fsp3) is 0.0476. The van der Waals surface area contributed by atoms with Crippen molar-refractivity contribution < 1.29 is 4.42 Å². The number of furan rings is 1. The van der Waals surface area contributed by atoms with E-state index in [0.717, 1.165) is 50.1 Å². The molecule has 0 aliphatic heterocycles. The second kappa shape index (κ2) is 14.4. The minimum atomic E-state index is -0.524. The van der Waals surface area contributed by atoms with E-state index in [-0.39, 0.29) is 5.41 Å². The first-order valence-electron chi connectivity index (χ1n) is 22.6. The fourth-order valence-electron chi connectivity index (χ4n) is 11.5. The van der Waals surface area contributed by atoms with Crippen molar-refractivity contribution in [2.24, 2.45) is 0 Å². The summed E-state index contributed by atoms with van der Waals surface area (Å²) >= 11 is 0. The van der Waals surface area contributed by atoms with E-state index in [1.807, 2.05) is 12.1 Å². The molecule has 1 aromatic heterocycles. The molecule has 2 aliphatic rings. The smallest absolute Gasteiger partial charge is 0.135 e. The lowest BCUT2D eigenvalue weighted by molar-refractivity contribution is 0.669. The molecule has 1 heterocycles. The van der Waals surface area contributed by atoms with Crippen molar-refractivity contribution in [2.75, 3.05) is 4.90 Å². The molecule has 2 nitrogen and oxygen atoms in total. The first kappa shape index (κ1) is 37.4. The molecule has 306 valence electrons. The van der Waals surface area contributed by atoms with E-state index >= 15 is 0 Å². The zero-order chi connectivity index (χ0) is 43.1. The van der Waals surface area contributed by atoms with Crippen LogP contribution >= 0.6 is 0 Å². The lowest BCUT2D eigenvalue weighted by Gasteiger charge is -2.34. The third kappa shape index (κ3) is 5.41. The molecule has 0 saturated carbocycles. The van der Waals surface area contributed by atoms with Crippen LogP contribution in [0.2, 0.25) is 0 Å². The predicted molar refractivity (Wildman–Crippen MR) is 269 cm³/mol. The summed E-state index contributed by atoms with van der Waals surface area (Å²) in [7, 11) is 0. The van der Waals surface area contributed by atoms with Gasteiger partial charge in [0.05, 0.1) is 11.1 Å². The van der Waals surface area contributed by atoms with Crippen molar-refractivity contribution in [2.45, 2.75) is 17.8 Å².